The van der Waals surface area contributed by atoms with Gasteiger partial charge in [-0.2, -0.15) is 0 Å². The van der Waals surface area contributed by atoms with Crippen molar-refractivity contribution in [3.8, 4) is 0 Å². The molecule has 0 saturated carbocycles. The van der Waals surface area contributed by atoms with Gasteiger partial charge in [-0.3, -0.25) is 18.6 Å². The van der Waals surface area contributed by atoms with E-state index >= 15 is 0 Å². The summed E-state index contributed by atoms with van der Waals surface area (Å²) in [6.07, 6.45) is 53.9. The van der Waals surface area contributed by atoms with Crippen molar-refractivity contribution < 1.29 is 37.3 Å². The molecular formula is C55H104N2O7P+. The molecule has 0 fully saturated rings. The van der Waals surface area contributed by atoms with Crippen molar-refractivity contribution in [3.05, 3.63) is 48.6 Å². The first-order valence-electron chi connectivity index (χ1n) is 27.0. The largest absolute Gasteiger partial charge is 0.472 e. The fourth-order valence-electron chi connectivity index (χ4n) is 7.53. The van der Waals surface area contributed by atoms with Crippen molar-refractivity contribution in [1.29, 1.82) is 0 Å². The zero-order chi connectivity index (χ0) is 48.0. The minimum atomic E-state index is -4.44. The summed E-state index contributed by atoms with van der Waals surface area (Å²) in [5.74, 6) is -0.529. The zero-order valence-electron chi connectivity index (χ0n) is 43.2. The molecule has 0 aliphatic heterocycles. The number of ether oxygens (including phenoxy) is 1. The number of hydrogen-bond donors (Lipinski definition) is 2. The topological polar surface area (TPSA) is 111 Å². The number of nitrogens with one attached hydrogen (secondary N) is 1. The van der Waals surface area contributed by atoms with Gasteiger partial charge in [0.25, 0.3) is 0 Å². The van der Waals surface area contributed by atoms with Crippen LogP contribution in [0, 0.1) is 0 Å². The number of unbranched alkanes of at least 4 members (excludes halogenated alkanes) is 26. The summed E-state index contributed by atoms with van der Waals surface area (Å²) in [6.45, 7) is 6.94. The van der Waals surface area contributed by atoms with Crippen LogP contribution in [0.3, 0.4) is 0 Å². The lowest BCUT2D eigenvalue weighted by Crippen LogP contribution is -2.47. The van der Waals surface area contributed by atoms with E-state index in [9.17, 15) is 19.0 Å². The Bertz CT molecular complexity index is 1260. The van der Waals surface area contributed by atoms with E-state index in [1.54, 1.807) is 0 Å². The smallest absolute Gasteiger partial charge is 0.456 e. The monoisotopic (exact) mass is 936 g/mol. The fraction of sp³-hybridized carbons (Fsp3) is 0.818. The SMILES string of the molecule is CCCCC/C=C\C/C=C\C/C=C\CCCCCCC(=O)NC(COP(=O)(O)OCC[N+](C)(C)C)C(/C=C\CCCCCCCCCCC)OC(=O)CCCCCCCCCCCCC. The third-order valence-electron chi connectivity index (χ3n) is 11.8. The highest BCUT2D eigenvalue weighted by Crippen LogP contribution is 2.43. The fourth-order valence-corrected chi connectivity index (χ4v) is 8.27. The number of quaternary nitrogens is 1. The Hall–Kier alpha value is -2.03. The molecule has 380 valence electrons. The summed E-state index contributed by atoms with van der Waals surface area (Å²) >= 11 is 0. The van der Waals surface area contributed by atoms with Gasteiger partial charge in [0.1, 0.15) is 19.3 Å². The summed E-state index contributed by atoms with van der Waals surface area (Å²) in [4.78, 5) is 37.4. The van der Waals surface area contributed by atoms with Gasteiger partial charge < -0.3 is 19.4 Å². The molecule has 0 aliphatic rings. The van der Waals surface area contributed by atoms with Crippen LogP contribution in [0.25, 0.3) is 0 Å². The molecule has 0 bridgehead atoms. The number of nitrogens with zero attached hydrogens (tertiary/aromatic N) is 1. The molecule has 0 saturated heterocycles. The Balaban J connectivity index is 5.40. The number of carbonyl (C=O) groups is 2. The maximum Gasteiger partial charge on any atom is 0.472 e. The molecule has 0 rings (SSSR count). The molecule has 0 aromatic carbocycles. The lowest BCUT2D eigenvalue weighted by atomic mass is 10.0. The Morgan fingerprint density at radius 3 is 1.43 bits per heavy atom. The van der Waals surface area contributed by atoms with Crippen LogP contribution in [0.2, 0.25) is 0 Å². The number of phosphoric ester groups is 1. The number of likely N-dealkylation sites (N-methyl/N-ethyl adjacent to an activating group) is 1. The van der Waals surface area contributed by atoms with Gasteiger partial charge in [-0.1, -0.05) is 205 Å². The van der Waals surface area contributed by atoms with Crippen molar-refractivity contribution in [3.63, 3.8) is 0 Å². The van der Waals surface area contributed by atoms with Crippen molar-refractivity contribution in [2.24, 2.45) is 0 Å². The summed E-state index contributed by atoms with van der Waals surface area (Å²) in [5, 5.41) is 3.03. The van der Waals surface area contributed by atoms with E-state index in [-0.39, 0.29) is 31.5 Å². The number of phosphoric acid groups is 1. The molecule has 0 aliphatic carbocycles. The van der Waals surface area contributed by atoms with Crippen LogP contribution in [0.15, 0.2) is 48.6 Å². The van der Waals surface area contributed by atoms with Gasteiger partial charge in [0.2, 0.25) is 5.91 Å². The predicted molar refractivity (Wildman–Crippen MR) is 277 cm³/mol. The molecule has 0 spiro atoms. The second kappa shape index (κ2) is 45.7. The number of hydrogen-bond acceptors (Lipinski definition) is 6. The van der Waals surface area contributed by atoms with Gasteiger partial charge in [-0.15, -0.1) is 0 Å². The first-order valence-corrected chi connectivity index (χ1v) is 28.5. The Kier molecular flexibility index (Phi) is 44.3. The highest BCUT2D eigenvalue weighted by Gasteiger charge is 2.30. The van der Waals surface area contributed by atoms with Gasteiger partial charge in [-0.25, -0.2) is 4.57 Å². The molecular weight excluding hydrogens is 832 g/mol. The lowest BCUT2D eigenvalue weighted by Gasteiger charge is -2.27. The summed E-state index contributed by atoms with van der Waals surface area (Å²) in [7, 11) is 1.48. The number of rotatable bonds is 48. The molecule has 0 aromatic rings. The number of amides is 1. The van der Waals surface area contributed by atoms with Gasteiger partial charge >= 0.3 is 13.8 Å². The maximum atomic E-state index is 13.4. The van der Waals surface area contributed by atoms with Crippen LogP contribution in [-0.4, -0.2) is 74.3 Å². The third kappa shape index (κ3) is 46.9. The second-order valence-electron chi connectivity index (χ2n) is 19.4. The maximum absolute atomic E-state index is 13.4. The van der Waals surface area contributed by atoms with E-state index in [0.717, 1.165) is 83.5 Å². The van der Waals surface area contributed by atoms with E-state index < -0.39 is 20.0 Å². The van der Waals surface area contributed by atoms with E-state index in [1.165, 1.54) is 122 Å². The van der Waals surface area contributed by atoms with Crippen LogP contribution in [0.5, 0.6) is 0 Å². The minimum Gasteiger partial charge on any atom is -0.456 e. The molecule has 0 radical (unpaired) electrons. The van der Waals surface area contributed by atoms with Crippen molar-refractivity contribution >= 4 is 19.7 Å². The quantitative estimate of drug-likeness (QED) is 0.0205. The molecule has 3 unspecified atom stereocenters. The molecule has 0 heterocycles. The van der Waals surface area contributed by atoms with E-state index in [0.29, 0.717) is 17.4 Å². The normalized spacial score (nSPS) is 14.3. The van der Waals surface area contributed by atoms with Gasteiger partial charge in [-0.05, 0) is 70.3 Å². The number of allylic oxidation sites excluding steroid dienone is 7. The number of esters is 1. The summed E-state index contributed by atoms with van der Waals surface area (Å²) < 4.78 is 30.5. The average Bonchev–Trinajstić information content (AvgIpc) is 3.26. The highest BCUT2D eigenvalue weighted by molar-refractivity contribution is 7.47. The Morgan fingerprint density at radius 2 is 0.938 bits per heavy atom. The predicted octanol–water partition coefficient (Wildman–Crippen LogP) is 15.8. The first kappa shape index (κ1) is 63.0. The van der Waals surface area contributed by atoms with Crippen LogP contribution in [0.1, 0.15) is 239 Å². The molecule has 1 amide bonds. The molecule has 2 N–H and O–H groups in total. The van der Waals surface area contributed by atoms with Gasteiger partial charge in [0, 0.05) is 12.8 Å². The average molecular weight is 936 g/mol. The highest BCUT2D eigenvalue weighted by atomic mass is 31.2. The van der Waals surface area contributed by atoms with Crippen LogP contribution >= 0.6 is 7.82 Å². The number of carbonyl (C=O) groups excluding carboxylic acids is 2. The van der Waals surface area contributed by atoms with Gasteiger partial charge in [0.15, 0.2) is 0 Å². The van der Waals surface area contributed by atoms with E-state index in [4.69, 9.17) is 13.8 Å². The molecule has 9 nitrogen and oxygen atoms in total. The van der Waals surface area contributed by atoms with Gasteiger partial charge in [0.05, 0.1) is 33.8 Å². The second-order valence-corrected chi connectivity index (χ2v) is 20.9. The molecule has 0 aromatic heterocycles. The van der Waals surface area contributed by atoms with Crippen molar-refractivity contribution in [2.45, 2.75) is 251 Å². The van der Waals surface area contributed by atoms with Crippen LogP contribution in [-0.2, 0) is 27.9 Å². The van der Waals surface area contributed by atoms with Crippen LogP contribution in [0.4, 0.5) is 0 Å². The minimum absolute atomic E-state index is 0.0360. The Labute approximate surface area is 401 Å². The Morgan fingerprint density at radius 1 is 0.538 bits per heavy atom. The van der Waals surface area contributed by atoms with Crippen LogP contribution < -0.4 is 5.32 Å². The lowest BCUT2D eigenvalue weighted by molar-refractivity contribution is -0.870. The standard InChI is InChI=1S/C55H103N2O7P/c1-7-10-13-16-19-22-25-26-27-28-29-30-33-35-38-41-44-47-54(58)56-52(51-63-65(60,61)62-50-49-57(4,5)6)53(46-43-40-37-34-31-23-20-17-14-11-8-2)64-55(59)48-45-42-39-36-32-24-21-18-15-12-9-3/h19,22,26-27,29-30,43,46,52-53H,7-18,20-21,23-25,28,31-42,44-45,47-51H2,1-6H3,(H-,56,58,60,61)/p+1/b22-19-,27-26-,30-29-,46-43-. The molecule has 10 heteroatoms. The first-order chi connectivity index (χ1) is 31.4. The van der Waals surface area contributed by atoms with E-state index in [2.05, 4.69) is 62.5 Å². The molecule has 65 heavy (non-hydrogen) atoms. The summed E-state index contributed by atoms with van der Waals surface area (Å²) in [5.41, 5.74) is 0. The third-order valence-corrected chi connectivity index (χ3v) is 12.8. The van der Waals surface area contributed by atoms with E-state index in [1.807, 2.05) is 33.3 Å². The van der Waals surface area contributed by atoms with Crippen molar-refractivity contribution in [2.75, 3.05) is 40.9 Å². The summed E-state index contributed by atoms with van der Waals surface area (Å²) in [6, 6.07) is -0.855. The zero-order valence-corrected chi connectivity index (χ0v) is 44.1. The van der Waals surface area contributed by atoms with Crippen molar-refractivity contribution in [1.82, 2.24) is 5.32 Å². The molecule has 3 atom stereocenters.